The van der Waals surface area contributed by atoms with Crippen LogP contribution >= 0.6 is 0 Å². The van der Waals surface area contributed by atoms with Crippen LogP contribution in [0.3, 0.4) is 0 Å². The molecule has 1 nitrogen and oxygen atoms in total. The zero-order valence-electron chi connectivity index (χ0n) is 10.5. The predicted octanol–water partition coefficient (Wildman–Crippen LogP) is 3.95. The molecule has 0 amide bonds. The largest absolute Gasteiger partial charge is 0.306 e. The molecule has 0 saturated heterocycles. The van der Waals surface area contributed by atoms with Gasteiger partial charge in [0.05, 0.1) is 0 Å². The number of rotatable bonds is 4. The number of hydrogen-bond acceptors (Lipinski definition) is 1. The van der Waals surface area contributed by atoms with Crippen LogP contribution < -0.4 is 5.32 Å². The quantitative estimate of drug-likeness (QED) is 0.882. The zero-order chi connectivity index (χ0) is 13.8. The van der Waals surface area contributed by atoms with Crippen LogP contribution in [0.25, 0.3) is 0 Å². The third kappa shape index (κ3) is 3.15. The molecule has 0 aliphatic rings. The predicted molar refractivity (Wildman–Crippen MR) is 68.0 cm³/mol. The van der Waals surface area contributed by atoms with E-state index in [4.69, 9.17) is 0 Å². The standard InChI is InChI=1S/C15H14F3N/c1-10(12-6-4-8-14(17)15(12)18)19-9-11-5-2-3-7-13(11)16/h2-8,10,19H,9H2,1H3. The summed E-state index contributed by atoms with van der Waals surface area (Å²) >= 11 is 0. The highest BCUT2D eigenvalue weighted by molar-refractivity contribution is 5.23. The van der Waals surface area contributed by atoms with E-state index in [0.29, 0.717) is 5.56 Å². The first kappa shape index (κ1) is 13.6. The summed E-state index contributed by atoms with van der Waals surface area (Å²) in [7, 11) is 0. The van der Waals surface area contributed by atoms with E-state index in [2.05, 4.69) is 5.32 Å². The van der Waals surface area contributed by atoms with Crippen LogP contribution in [-0.2, 0) is 6.54 Å². The number of hydrogen-bond donors (Lipinski definition) is 1. The highest BCUT2D eigenvalue weighted by Crippen LogP contribution is 2.19. The number of halogens is 3. The van der Waals surface area contributed by atoms with Crippen molar-refractivity contribution in [3.8, 4) is 0 Å². The average Bonchev–Trinajstić information content (AvgIpc) is 2.40. The lowest BCUT2D eigenvalue weighted by Crippen LogP contribution is -2.20. The Morgan fingerprint density at radius 2 is 1.63 bits per heavy atom. The van der Waals surface area contributed by atoms with Gasteiger partial charge in [-0.2, -0.15) is 0 Å². The van der Waals surface area contributed by atoms with Gasteiger partial charge in [-0.05, 0) is 19.1 Å². The minimum Gasteiger partial charge on any atom is -0.306 e. The summed E-state index contributed by atoms with van der Waals surface area (Å²) in [5.74, 6) is -2.06. The minimum atomic E-state index is -0.878. The third-order valence-electron chi connectivity index (χ3n) is 3.00. The van der Waals surface area contributed by atoms with Crippen LogP contribution in [0.1, 0.15) is 24.1 Å². The van der Waals surface area contributed by atoms with Crippen molar-refractivity contribution in [1.29, 1.82) is 0 Å². The molecular formula is C15H14F3N. The maximum absolute atomic E-state index is 13.6. The van der Waals surface area contributed by atoms with E-state index in [-0.39, 0.29) is 17.9 Å². The van der Waals surface area contributed by atoms with Gasteiger partial charge < -0.3 is 5.32 Å². The molecule has 0 heterocycles. The molecule has 0 spiro atoms. The van der Waals surface area contributed by atoms with E-state index >= 15 is 0 Å². The van der Waals surface area contributed by atoms with E-state index in [1.54, 1.807) is 25.1 Å². The topological polar surface area (TPSA) is 12.0 Å². The van der Waals surface area contributed by atoms with Crippen LogP contribution in [0.4, 0.5) is 13.2 Å². The van der Waals surface area contributed by atoms with Gasteiger partial charge in [0, 0.05) is 23.7 Å². The van der Waals surface area contributed by atoms with Crippen LogP contribution in [0.15, 0.2) is 42.5 Å². The normalized spacial score (nSPS) is 12.4. The molecule has 100 valence electrons. The van der Waals surface area contributed by atoms with Gasteiger partial charge in [-0.1, -0.05) is 30.3 Å². The summed E-state index contributed by atoms with van der Waals surface area (Å²) in [5, 5.41) is 2.98. The van der Waals surface area contributed by atoms with Crippen LogP contribution in [0.5, 0.6) is 0 Å². The molecule has 0 radical (unpaired) electrons. The summed E-state index contributed by atoms with van der Waals surface area (Å²) in [5.41, 5.74) is 0.725. The number of nitrogens with one attached hydrogen (secondary N) is 1. The molecule has 2 rings (SSSR count). The van der Waals surface area contributed by atoms with Gasteiger partial charge in [-0.25, -0.2) is 13.2 Å². The fourth-order valence-corrected chi connectivity index (χ4v) is 1.87. The first-order chi connectivity index (χ1) is 9.09. The van der Waals surface area contributed by atoms with Gasteiger partial charge in [0.25, 0.3) is 0 Å². The molecule has 0 fully saturated rings. The smallest absolute Gasteiger partial charge is 0.163 e. The Morgan fingerprint density at radius 1 is 0.947 bits per heavy atom. The Bertz CT molecular complexity index is 569. The fourth-order valence-electron chi connectivity index (χ4n) is 1.87. The summed E-state index contributed by atoms with van der Waals surface area (Å²) in [6, 6.07) is 9.98. The van der Waals surface area contributed by atoms with Crippen molar-refractivity contribution >= 4 is 0 Å². The van der Waals surface area contributed by atoms with Gasteiger partial charge in [-0.15, -0.1) is 0 Å². The monoisotopic (exact) mass is 265 g/mol. The third-order valence-corrected chi connectivity index (χ3v) is 3.00. The van der Waals surface area contributed by atoms with Crippen molar-refractivity contribution in [3.05, 3.63) is 71.0 Å². The SMILES string of the molecule is CC(NCc1ccccc1F)c1cccc(F)c1F. The van der Waals surface area contributed by atoms with E-state index in [0.717, 1.165) is 6.07 Å². The van der Waals surface area contributed by atoms with Gasteiger partial charge in [0.2, 0.25) is 0 Å². The van der Waals surface area contributed by atoms with Crippen molar-refractivity contribution in [1.82, 2.24) is 5.32 Å². The Kier molecular flexibility index (Phi) is 4.22. The summed E-state index contributed by atoms with van der Waals surface area (Å²) in [6.45, 7) is 1.96. The lowest BCUT2D eigenvalue weighted by atomic mass is 10.1. The van der Waals surface area contributed by atoms with Gasteiger partial charge in [-0.3, -0.25) is 0 Å². The zero-order valence-corrected chi connectivity index (χ0v) is 10.5. The van der Waals surface area contributed by atoms with Crippen molar-refractivity contribution in [2.75, 3.05) is 0 Å². The molecule has 2 aromatic rings. The molecule has 1 unspecified atom stereocenters. The highest BCUT2D eigenvalue weighted by atomic mass is 19.2. The van der Waals surface area contributed by atoms with Crippen LogP contribution in [-0.4, -0.2) is 0 Å². The van der Waals surface area contributed by atoms with E-state index < -0.39 is 17.7 Å². The van der Waals surface area contributed by atoms with Crippen molar-refractivity contribution in [2.24, 2.45) is 0 Å². The Labute approximate surface area is 110 Å². The summed E-state index contributed by atoms with van der Waals surface area (Å²) in [6.07, 6.45) is 0. The summed E-state index contributed by atoms with van der Waals surface area (Å²) < 4.78 is 40.1. The van der Waals surface area contributed by atoms with E-state index in [1.807, 2.05) is 0 Å². The number of benzene rings is 2. The van der Waals surface area contributed by atoms with Gasteiger partial charge in [0.1, 0.15) is 5.82 Å². The Balaban J connectivity index is 2.08. The van der Waals surface area contributed by atoms with Crippen LogP contribution in [0, 0.1) is 17.5 Å². The Hall–Kier alpha value is -1.81. The minimum absolute atomic E-state index is 0.233. The molecule has 4 heteroatoms. The lowest BCUT2D eigenvalue weighted by Gasteiger charge is -2.15. The maximum atomic E-state index is 13.6. The maximum Gasteiger partial charge on any atom is 0.163 e. The summed E-state index contributed by atoms with van der Waals surface area (Å²) in [4.78, 5) is 0. The van der Waals surface area contributed by atoms with Crippen LogP contribution in [0.2, 0.25) is 0 Å². The highest BCUT2D eigenvalue weighted by Gasteiger charge is 2.14. The van der Waals surface area contributed by atoms with Crippen molar-refractivity contribution in [2.45, 2.75) is 19.5 Å². The first-order valence-electron chi connectivity index (χ1n) is 6.00. The average molecular weight is 265 g/mol. The molecule has 0 aromatic heterocycles. The molecule has 0 saturated carbocycles. The lowest BCUT2D eigenvalue weighted by molar-refractivity contribution is 0.470. The van der Waals surface area contributed by atoms with E-state index in [9.17, 15) is 13.2 Å². The molecular weight excluding hydrogens is 251 g/mol. The second kappa shape index (κ2) is 5.89. The fraction of sp³-hybridized carbons (Fsp3) is 0.200. The first-order valence-corrected chi connectivity index (χ1v) is 6.00. The molecule has 2 aromatic carbocycles. The molecule has 19 heavy (non-hydrogen) atoms. The molecule has 0 bridgehead atoms. The second-order valence-electron chi connectivity index (χ2n) is 4.34. The van der Waals surface area contributed by atoms with Crippen molar-refractivity contribution in [3.63, 3.8) is 0 Å². The molecule has 0 aliphatic heterocycles. The Morgan fingerprint density at radius 3 is 2.37 bits per heavy atom. The molecule has 1 atom stereocenters. The van der Waals surface area contributed by atoms with E-state index in [1.165, 1.54) is 18.2 Å². The molecule has 0 aliphatic carbocycles. The second-order valence-corrected chi connectivity index (χ2v) is 4.34. The van der Waals surface area contributed by atoms with Crippen molar-refractivity contribution < 1.29 is 13.2 Å². The molecule has 1 N–H and O–H groups in total. The van der Waals surface area contributed by atoms with Gasteiger partial charge >= 0.3 is 0 Å². The van der Waals surface area contributed by atoms with Gasteiger partial charge in [0.15, 0.2) is 11.6 Å².